The standard InChI is InChI=1S/C14H19N5O2S/c1-10-7-13(17-21-10)16-14(20)19-5-3-18(4-6-19)8-12-9-22-11(2)15-12/h7,9H,3-6,8H2,1-2H3,(H,16,17,20). The molecule has 8 heteroatoms. The summed E-state index contributed by atoms with van der Waals surface area (Å²) < 4.78 is 4.94. The van der Waals surface area contributed by atoms with Gasteiger partial charge in [-0.15, -0.1) is 11.3 Å². The topological polar surface area (TPSA) is 74.5 Å². The van der Waals surface area contributed by atoms with Crippen LogP contribution < -0.4 is 5.32 Å². The lowest BCUT2D eigenvalue weighted by molar-refractivity contribution is 0.142. The van der Waals surface area contributed by atoms with E-state index >= 15 is 0 Å². The molecule has 1 N–H and O–H groups in total. The molecule has 1 fully saturated rings. The van der Waals surface area contributed by atoms with Gasteiger partial charge in [-0.2, -0.15) is 0 Å². The van der Waals surface area contributed by atoms with E-state index in [0.29, 0.717) is 24.7 Å². The Morgan fingerprint density at radius 1 is 1.36 bits per heavy atom. The largest absolute Gasteiger partial charge is 0.360 e. The molecule has 0 aromatic carbocycles. The predicted octanol–water partition coefficient (Wildman–Crippen LogP) is 2.10. The van der Waals surface area contributed by atoms with Gasteiger partial charge in [0.2, 0.25) is 0 Å². The Morgan fingerprint density at radius 2 is 2.14 bits per heavy atom. The summed E-state index contributed by atoms with van der Waals surface area (Å²) in [5.41, 5.74) is 1.11. The summed E-state index contributed by atoms with van der Waals surface area (Å²) in [6.07, 6.45) is 0. The van der Waals surface area contributed by atoms with Crippen molar-refractivity contribution in [2.75, 3.05) is 31.5 Å². The van der Waals surface area contributed by atoms with E-state index in [2.05, 4.69) is 25.7 Å². The lowest BCUT2D eigenvalue weighted by Gasteiger charge is -2.34. The second kappa shape index (κ2) is 6.45. The Labute approximate surface area is 132 Å². The Bertz CT molecular complexity index is 645. The van der Waals surface area contributed by atoms with Crippen molar-refractivity contribution in [2.45, 2.75) is 20.4 Å². The van der Waals surface area contributed by atoms with Gasteiger partial charge < -0.3 is 9.42 Å². The van der Waals surface area contributed by atoms with Gasteiger partial charge in [0, 0.05) is 44.2 Å². The van der Waals surface area contributed by atoms with E-state index in [-0.39, 0.29) is 6.03 Å². The van der Waals surface area contributed by atoms with Crippen LogP contribution in [0.5, 0.6) is 0 Å². The molecule has 0 radical (unpaired) electrons. The number of piperazine rings is 1. The van der Waals surface area contributed by atoms with E-state index in [4.69, 9.17) is 4.52 Å². The molecule has 1 saturated heterocycles. The smallest absolute Gasteiger partial charge is 0.323 e. The number of thiazole rings is 1. The van der Waals surface area contributed by atoms with Crippen LogP contribution in [-0.4, -0.2) is 52.2 Å². The first-order valence-corrected chi connectivity index (χ1v) is 8.11. The van der Waals surface area contributed by atoms with Crippen molar-refractivity contribution in [1.82, 2.24) is 19.9 Å². The average molecular weight is 321 g/mol. The second-order valence-electron chi connectivity index (χ2n) is 5.37. The van der Waals surface area contributed by atoms with Gasteiger partial charge >= 0.3 is 6.03 Å². The number of nitrogens with zero attached hydrogens (tertiary/aromatic N) is 4. The molecule has 0 bridgehead atoms. The summed E-state index contributed by atoms with van der Waals surface area (Å²) in [7, 11) is 0. The van der Waals surface area contributed by atoms with Gasteiger partial charge in [0.25, 0.3) is 0 Å². The minimum Gasteiger partial charge on any atom is -0.360 e. The first-order valence-electron chi connectivity index (χ1n) is 7.23. The number of nitrogens with one attached hydrogen (secondary N) is 1. The van der Waals surface area contributed by atoms with Crippen molar-refractivity contribution in [2.24, 2.45) is 0 Å². The first kappa shape index (κ1) is 15.0. The van der Waals surface area contributed by atoms with E-state index in [9.17, 15) is 4.79 Å². The molecule has 1 aliphatic heterocycles. The van der Waals surface area contributed by atoms with Gasteiger partial charge in [-0.05, 0) is 13.8 Å². The molecule has 22 heavy (non-hydrogen) atoms. The lowest BCUT2D eigenvalue weighted by Crippen LogP contribution is -2.49. The molecular weight excluding hydrogens is 302 g/mol. The maximum atomic E-state index is 12.1. The molecule has 2 aromatic heterocycles. The van der Waals surface area contributed by atoms with Crippen molar-refractivity contribution in [1.29, 1.82) is 0 Å². The number of aryl methyl sites for hydroxylation is 2. The summed E-state index contributed by atoms with van der Waals surface area (Å²) in [5, 5.41) is 9.72. The van der Waals surface area contributed by atoms with E-state index in [1.165, 1.54) is 0 Å². The van der Waals surface area contributed by atoms with Gasteiger partial charge in [0.05, 0.1) is 10.7 Å². The highest BCUT2D eigenvalue weighted by Crippen LogP contribution is 2.13. The Balaban J connectivity index is 1.47. The van der Waals surface area contributed by atoms with Crippen LogP contribution in [0.15, 0.2) is 16.0 Å². The zero-order valence-electron chi connectivity index (χ0n) is 12.7. The van der Waals surface area contributed by atoms with Crippen LogP contribution in [0, 0.1) is 13.8 Å². The van der Waals surface area contributed by atoms with Gasteiger partial charge in [0.1, 0.15) is 5.76 Å². The van der Waals surface area contributed by atoms with E-state index in [0.717, 1.165) is 30.3 Å². The van der Waals surface area contributed by atoms with Crippen LogP contribution in [0.3, 0.4) is 0 Å². The number of carbonyl (C=O) groups is 1. The molecule has 0 aliphatic carbocycles. The maximum absolute atomic E-state index is 12.1. The van der Waals surface area contributed by atoms with Gasteiger partial charge in [0.15, 0.2) is 5.82 Å². The van der Waals surface area contributed by atoms with Crippen molar-refractivity contribution >= 4 is 23.2 Å². The number of rotatable bonds is 3. The monoisotopic (exact) mass is 321 g/mol. The average Bonchev–Trinajstić information content (AvgIpc) is 3.08. The molecular formula is C14H19N5O2S. The highest BCUT2D eigenvalue weighted by Gasteiger charge is 2.22. The third-order valence-electron chi connectivity index (χ3n) is 3.57. The minimum atomic E-state index is -0.127. The molecule has 3 heterocycles. The molecule has 118 valence electrons. The summed E-state index contributed by atoms with van der Waals surface area (Å²) in [6.45, 7) is 7.76. The van der Waals surface area contributed by atoms with E-state index in [1.54, 1.807) is 29.2 Å². The van der Waals surface area contributed by atoms with Crippen LogP contribution in [-0.2, 0) is 6.54 Å². The Morgan fingerprint density at radius 3 is 2.73 bits per heavy atom. The summed E-state index contributed by atoms with van der Waals surface area (Å²) in [6, 6.07) is 1.58. The summed E-state index contributed by atoms with van der Waals surface area (Å²) >= 11 is 1.67. The normalized spacial score (nSPS) is 16.0. The van der Waals surface area contributed by atoms with Crippen LogP contribution in [0.1, 0.15) is 16.5 Å². The predicted molar refractivity (Wildman–Crippen MR) is 84.0 cm³/mol. The number of aromatic nitrogens is 2. The second-order valence-corrected chi connectivity index (χ2v) is 6.44. The number of carbonyl (C=O) groups excluding carboxylic acids is 1. The van der Waals surface area contributed by atoms with Crippen molar-refractivity contribution in [3.8, 4) is 0 Å². The molecule has 3 rings (SSSR count). The Hall–Kier alpha value is -1.93. The molecule has 0 spiro atoms. The number of hydrogen-bond donors (Lipinski definition) is 1. The molecule has 7 nitrogen and oxygen atoms in total. The highest BCUT2D eigenvalue weighted by atomic mass is 32.1. The fourth-order valence-corrected chi connectivity index (χ4v) is 3.04. The van der Waals surface area contributed by atoms with Gasteiger partial charge in [-0.3, -0.25) is 10.2 Å². The Kier molecular flexibility index (Phi) is 4.39. The maximum Gasteiger partial charge on any atom is 0.323 e. The number of urea groups is 1. The number of hydrogen-bond acceptors (Lipinski definition) is 6. The minimum absolute atomic E-state index is 0.127. The third kappa shape index (κ3) is 3.63. The van der Waals surface area contributed by atoms with Crippen molar-refractivity contribution in [3.63, 3.8) is 0 Å². The molecule has 1 aliphatic rings. The summed E-state index contributed by atoms with van der Waals surface area (Å²) in [4.78, 5) is 20.7. The van der Waals surface area contributed by atoms with Gasteiger partial charge in [-0.1, -0.05) is 5.16 Å². The fourth-order valence-electron chi connectivity index (χ4n) is 2.43. The number of anilines is 1. The fraction of sp³-hybridized carbons (Fsp3) is 0.500. The SMILES string of the molecule is Cc1cc(NC(=O)N2CCN(Cc3csc(C)n3)CC2)no1. The van der Waals surface area contributed by atoms with Crippen LogP contribution in [0.2, 0.25) is 0 Å². The van der Waals surface area contributed by atoms with Crippen molar-refractivity contribution in [3.05, 3.63) is 27.9 Å². The number of amides is 2. The molecule has 0 atom stereocenters. The molecule has 2 aromatic rings. The van der Waals surface area contributed by atoms with Crippen LogP contribution in [0.4, 0.5) is 10.6 Å². The van der Waals surface area contributed by atoms with Crippen LogP contribution >= 0.6 is 11.3 Å². The molecule has 0 saturated carbocycles. The summed E-state index contributed by atoms with van der Waals surface area (Å²) in [5.74, 6) is 1.14. The molecule has 0 unspecified atom stereocenters. The van der Waals surface area contributed by atoms with Gasteiger partial charge in [-0.25, -0.2) is 9.78 Å². The van der Waals surface area contributed by atoms with E-state index in [1.807, 2.05) is 6.92 Å². The quantitative estimate of drug-likeness (QED) is 0.937. The zero-order valence-corrected chi connectivity index (χ0v) is 13.5. The zero-order chi connectivity index (χ0) is 15.5. The lowest BCUT2D eigenvalue weighted by atomic mass is 10.3. The highest BCUT2D eigenvalue weighted by molar-refractivity contribution is 7.09. The third-order valence-corrected chi connectivity index (χ3v) is 4.40. The van der Waals surface area contributed by atoms with Crippen molar-refractivity contribution < 1.29 is 9.32 Å². The molecule has 2 amide bonds. The first-order chi connectivity index (χ1) is 10.6. The van der Waals surface area contributed by atoms with E-state index < -0.39 is 0 Å². The van der Waals surface area contributed by atoms with Crippen LogP contribution in [0.25, 0.3) is 0 Å².